The maximum Gasteiger partial charge on any atom is 0.255 e. The summed E-state index contributed by atoms with van der Waals surface area (Å²) in [6.07, 6.45) is 12.7. The standard InChI is InChI=1S/C33H39NO2S/c1-6-7-19-36-28-15-13-27(14-16-28)34-32(35)26-12-11-25-21-29(37-31(25)22-26)20-23(2)10-17-30-24(3)9-8-18-33(30,4)5/h10-17,20-22H,6-9,18-19H2,1-5H3,(H,34,35). The summed E-state index contributed by atoms with van der Waals surface area (Å²) in [5, 5.41) is 4.16. The van der Waals surface area contributed by atoms with Gasteiger partial charge in [-0.2, -0.15) is 0 Å². The molecule has 4 heteroatoms. The summed E-state index contributed by atoms with van der Waals surface area (Å²) in [7, 11) is 0. The van der Waals surface area contributed by atoms with E-state index in [1.807, 2.05) is 42.5 Å². The molecule has 1 aromatic heterocycles. The summed E-state index contributed by atoms with van der Waals surface area (Å²) < 4.78 is 6.82. The van der Waals surface area contributed by atoms with Crippen molar-refractivity contribution in [1.82, 2.24) is 0 Å². The van der Waals surface area contributed by atoms with Gasteiger partial charge in [-0.3, -0.25) is 4.79 Å². The minimum atomic E-state index is -0.107. The number of thiophene rings is 1. The molecule has 1 aliphatic rings. The summed E-state index contributed by atoms with van der Waals surface area (Å²) in [6, 6.07) is 15.7. The molecule has 1 heterocycles. The number of carbonyl (C=O) groups excluding carboxylic acids is 1. The molecule has 1 N–H and O–H groups in total. The van der Waals surface area contributed by atoms with Crippen LogP contribution in [-0.2, 0) is 0 Å². The van der Waals surface area contributed by atoms with E-state index in [-0.39, 0.29) is 11.3 Å². The second-order valence-electron chi connectivity index (χ2n) is 10.7. The van der Waals surface area contributed by atoms with E-state index < -0.39 is 0 Å². The van der Waals surface area contributed by atoms with Crippen LogP contribution >= 0.6 is 11.3 Å². The van der Waals surface area contributed by atoms with Crippen LogP contribution < -0.4 is 10.1 Å². The molecular weight excluding hydrogens is 474 g/mol. The fourth-order valence-corrected chi connectivity index (χ4v) is 6.05. The Morgan fingerprint density at radius 3 is 2.65 bits per heavy atom. The maximum atomic E-state index is 12.9. The maximum absolute atomic E-state index is 12.9. The molecular formula is C33H39NO2S. The number of amides is 1. The molecule has 0 atom stereocenters. The summed E-state index contributed by atoms with van der Waals surface area (Å²) >= 11 is 1.72. The van der Waals surface area contributed by atoms with E-state index in [2.05, 4.69) is 64.2 Å². The number of benzene rings is 2. The van der Waals surface area contributed by atoms with E-state index in [1.54, 1.807) is 11.3 Å². The predicted octanol–water partition coefficient (Wildman–Crippen LogP) is 9.82. The molecule has 0 fully saturated rings. The third kappa shape index (κ3) is 7.01. The lowest BCUT2D eigenvalue weighted by molar-refractivity contribution is 0.102. The van der Waals surface area contributed by atoms with Crippen LogP contribution in [0.3, 0.4) is 0 Å². The van der Waals surface area contributed by atoms with Crippen molar-refractivity contribution in [3.05, 3.63) is 87.8 Å². The van der Waals surface area contributed by atoms with Crippen LogP contribution in [0, 0.1) is 5.41 Å². The molecule has 0 radical (unpaired) electrons. The van der Waals surface area contributed by atoms with Gasteiger partial charge in [0.2, 0.25) is 0 Å². The largest absolute Gasteiger partial charge is 0.494 e. The van der Waals surface area contributed by atoms with E-state index in [0.29, 0.717) is 12.2 Å². The van der Waals surface area contributed by atoms with Crippen LogP contribution in [0.1, 0.15) is 82.0 Å². The zero-order valence-corrected chi connectivity index (χ0v) is 23.6. The van der Waals surface area contributed by atoms with Crippen LogP contribution in [0.2, 0.25) is 0 Å². The fraction of sp³-hybridized carbons (Fsp3) is 0.364. The summed E-state index contributed by atoms with van der Waals surface area (Å²) in [6.45, 7) is 12.0. The number of hydrogen-bond donors (Lipinski definition) is 1. The summed E-state index contributed by atoms with van der Waals surface area (Å²) in [5.74, 6) is 0.719. The lowest BCUT2D eigenvalue weighted by Gasteiger charge is -2.32. The molecule has 4 rings (SSSR count). The van der Waals surface area contributed by atoms with Gasteiger partial charge in [-0.1, -0.05) is 51.0 Å². The highest BCUT2D eigenvalue weighted by molar-refractivity contribution is 7.19. The number of allylic oxidation sites excluding steroid dienone is 5. The van der Waals surface area contributed by atoms with Crippen molar-refractivity contribution in [3.63, 3.8) is 0 Å². The second-order valence-corrected chi connectivity index (χ2v) is 11.9. The molecule has 2 aromatic carbocycles. The second kappa shape index (κ2) is 12.0. The third-order valence-corrected chi connectivity index (χ3v) is 8.15. The van der Waals surface area contributed by atoms with Crippen molar-refractivity contribution in [2.24, 2.45) is 5.41 Å². The van der Waals surface area contributed by atoms with Crippen LogP contribution in [-0.4, -0.2) is 12.5 Å². The number of rotatable bonds is 9. The molecule has 1 aliphatic carbocycles. The first-order valence-corrected chi connectivity index (χ1v) is 14.2. The van der Waals surface area contributed by atoms with Crippen molar-refractivity contribution in [3.8, 4) is 5.75 Å². The highest BCUT2D eigenvalue weighted by atomic mass is 32.1. The molecule has 37 heavy (non-hydrogen) atoms. The number of hydrogen-bond acceptors (Lipinski definition) is 3. The Balaban J connectivity index is 1.43. The molecule has 0 spiro atoms. The van der Waals surface area contributed by atoms with Crippen molar-refractivity contribution < 1.29 is 9.53 Å². The average Bonchev–Trinajstić information content (AvgIpc) is 3.26. The topological polar surface area (TPSA) is 38.3 Å². The van der Waals surface area contributed by atoms with Crippen LogP contribution in [0.5, 0.6) is 5.75 Å². The molecule has 1 amide bonds. The zero-order chi connectivity index (χ0) is 26.4. The number of nitrogens with one attached hydrogen (secondary N) is 1. The highest BCUT2D eigenvalue weighted by Gasteiger charge is 2.26. The number of carbonyl (C=O) groups is 1. The number of ether oxygens (including phenoxy) is 1. The minimum absolute atomic E-state index is 0.107. The lowest BCUT2D eigenvalue weighted by atomic mass is 9.72. The van der Waals surface area contributed by atoms with Gasteiger partial charge >= 0.3 is 0 Å². The molecule has 3 nitrogen and oxygen atoms in total. The Morgan fingerprint density at radius 2 is 1.92 bits per heavy atom. The van der Waals surface area contributed by atoms with Gasteiger partial charge in [0.15, 0.2) is 0 Å². The van der Waals surface area contributed by atoms with Crippen LogP contribution in [0.15, 0.2) is 77.4 Å². The molecule has 3 aromatic rings. The SMILES string of the molecule is CCCCOc1ccc(NC(=O)c2ccc3cc(C=C(C)C=CC4=C(C)CCCC4(C)C)sc3c2)cc1. The van der Waals surface area contributed by atoms with Crippen molar-refractivity contribution in [1.29, 1.82) is 0 Å². The third-order valence-electron chi connectivity index (χ3n) is 7.11. The predicted molar refractivity (Wildman–Crippen MR) is 160 cm³/mol. The van der Waals surface area contributed by atoms with Crippen molar-refractivity contribution in [2.45, 2.75) is 66.7 Å². The van der Waals surface area contributed by atoms with Crippen molar-refractivity contribution in [2.75, 3.05) is 11.9 Å². The molecule has 0 saturated heterocycles. The first kappa shape index (κ1) is 26.9. The summed E-state index contributed by atoms with van der Waals surface area (Å²) in [4.78, 5) is 14.1. The number of fused-ring (bicyclic) bond motifs is 1. The van der Waals surface area contributed by atoms with Crippen molar-refractivity contribution >= 4 is 39.1 Å². The first-order chi connectivity index (χ1) is 17.7. The Hall–Kier alpha value is -3.11. The van der Waals surface area contributed by atoms with Gasteiger partial charge in [0.25, 0.3) is 5.91 Å². The van der Waals surface area contributed by atoms with Gasteiger partial charge in [0, 0.05) is 20.8 Å². The van der Waals surface area contributed by atoms with Gasteiger partial charge in [-0.25, -0.2) is 0 Å². The van der Waals surface area contributed by atoms with E-state index in [0.717, 1.165) is 34.4 Å². The minimum Gasteiger partial charge on any atom is -0.494 e. The highest BCUT2D eigenvalue weighted by Crippen LogP contribution is 2.41. The lowest BCUT2D eigenvalue weighted by Crippen LogP contribution is -2.19. The number of unbranched alkanes of at least 4 members (excludes halogenated alkanes) is 1. The van der Waals surface area contributed by atoms with Gasteiger partial charge < -0.3 is 10.1 Å². The molecule has 0 aliphatic heterocycles. The molecule has 0 bridgehead atoms. The smallest absolute Gasteiger partial charge is 0.255 e. The summed E-state index contributed by atoms with van der Waals surface area (Å²) in [5.41, 5.74) is 5.90. The Kier molecular flexibility index (Phi) is 8.71. The average molecular weight is 514 g/mol. The Labute approximate surface area is 225 Å². The first-order valence-electron chi connectivity index (χ1n) is 13.4. The Bertz CT molecular complexity index is 1340. The van der Waals surface area contributed by atoms with E-state index in [1.165, 1.54) is 40.9 Å². The monoisotopic (exact) mass is 513 g/mol. The molecule has 0 unspecified atom stereocenters. The normalized spacial score (nSPS) is 16.0. The van der Waals surface area contributed by atoms with E-state index in [9.17, 15) is 4.79 Å². The van der Waals surface area contributed by atoms with Gasteiger partial charge in [0.1, 0.15) is 5.75 Å². The number of anilines is 1. The molecule has 0 saturated carbocycles. The van der Waals surface area contributed by atoms with Gasteiger partial charge in [-0.05, 0) is 110 Å². The van der Waals surface area contributed by atoms with E-state index >= 15 is 0 Å². The van der Waals surface area contributed by atoms with Gasteiger partial charge in [0.05, 0.1) is 6.61 Å². The van der Waals surface area contributed by atoms with E-state index in [4.69, 9.17) is 4.74 Å². The zero-order valence-electron chi connectivity index (χ0n) is 22.8. The Morgan fingerprint density at radius 1 is 1.14 bits per heavy atom. The fourth-order valence-electron chi connectivity index (χ4n) is 4.93. The van der Waals surface area contributed by atoms with Gasteiger partial charge in [-0.15, -0.1) is 11.3 Å². The molecule has 194 valence electrons. The van der Waals surface area contributed by atoms with Crippen LogP contribution in [0.25, 0.3) is 16.2 Å². The van der Waals surface area contributed by atoms with Crippen LogP contribution in [0.4, 0.5) is 5.69 Å². The quantitative estimate of drug-likeness (QED) is 0.228.